The topological polar surface area (TPSA) is 224 Å². The maximum atomic E-state index is 0. The molecule has 0 fully saturated rings. The summed E-state index contributed by atoms with van der Waals surface area (Å²) in [6.07, 6.45) is 0. The van der Waals surface area contributed by atoms with Gasteiger partial charge < -0.3 is 39.0 Å². The first-order valence-corrected chi connectivity index (χ1v) is 0. The first kappa shape index (κ1) is 9380. The molecule has 0 atom stereocenters. The third-order valence-electron chi connectivity index (χ3n) is 0. The van der Waals surface area contributed by atoms with Crippen molar-refractivity contribution in [3.63, 3.8) is 0 Å². The summed E-state index contributed by atoms with van der Waals surface area (Å²) in [6, 6.07) is 0. The van der Waals surface area contributed by atoms with Crippen molar-refractivity contribution in [3.05, 3.63) is 0 Å². The quantitative estimate of drug-likeness (QED) is 0.359. The van der Waals surface area contributed by atoms with E-state index < -0.39 is 0 Å². The molecule has 0 aromatic rings. The van der Waals surface area contributed by atoms with Crippen molar-refractivity contribution in [1.82, 2.24) is 6.15 Å². The van der Waals surface area contributed by atoms with Gasteiger partial charge in [-0.15, -0.1) is 0 Å². The van der Waals surface area contributed by atoms with Crippen LogP contribution in [0.1, 0.15) is 0 Å². The van der Waals surface area contributed by atoms with Gasteiger partial charge in [0.25, 0.3) is 0 Å². The van der Waals surface area contributed by atoms with Crippen LogP contribution in [0.4, 0.5) is 0 Å². The summed E-state index contributed by atoms with van der Waals surface area (Å²) < 4.78 is 0. The molecule has 0 aromatic carbocycles. The van der Waals surface area contributed by atoms with Crippen LogP contribution in [0.2, 0.25) is 0 Å². The van der Waals surface area contributed by atoms with Gasteiger partial charge in [0.15, 0.2) is 0 Å². The second kappa shape index (κ2) is 6110. The predicted octanol–water partition coefficient (Wildman–Crippen LogP) is -4.79. The van der Waals surface area contributed by atoms with E-state index in [9.17, 15) is 0 Å². The maximum absolute atomic E-state index is 0. The van der Waals surface area contributed by atoms with E-state index in [-0.39, 0.29) is 55.5 Å². The first-order chi connectivity index (χ1) is 0. The molecule has 7 nitrogen and oxygen atoms in total. The minimum Gasteiger partial charge on any atom is -0.412 e. The first-order valence-electron chi connectivity index (χ1n) is 0. The van der Waals surface area contributed by atoms with Crippen molar-refractivity contribution >= 4 is 0 Å². The van der Waals surface area contributed by atoms with Crippen LogP contribution >= 0.6 is 0 Å². The van der Waals surface area contributed by atoms with E-state index in [1.807, 2.05) is 0 Å². The van der Waals surface area contributed by atoms with E-state index in [0.29, 0.717) is 0 Å². The monoisotopic (exact) mass is 183 g/mol. The predicted molar refractivity (Wildman–Crippen MR) is 26.7 cm³/mol. The zero-order chi connectivity index (χ0) is 0. The van der Waals surface area contributed by atoms with E-state index in [1.54, 1.807) is 0 Å². The SMILES string of the molecule is N.O.O.O.O.O.O.[Ni]. The van der Waals surface area contributed by atoms with Gasteiger partial charge in [-0.2, -0.15) is 0 Å². The van der Waals surface area contributed by atoms with Gasteiger partial charge in [-0.05, 0) is 0 Å². The Morgan fingerprint density at radius 1 is 0.375 bits per heavy atom. The van der Waals surface area contributed by atoms with Crippen LogP contribution in [-0.2, 0) is 16.5 Å². The van der Waals surface area contributed by atoms with Crippen molar-refractivity contribution < 1.29 is 49.3 Å². The average molecular weight is 184 g/mol. The molecule has 0 radical (unpaired) electrons. The molecule has 0 aliphatic carbocycles. The van der Waals surface area contributed by atoms with Gasteiger partial charge in [0.2, 0.25) is 0 Å². The summed E-state index contributed by atoms with van der Waals surface area (Å²) in [6.45, 7) is 0. The van der Waals surface area contributed by atoms with Crippen molar-refractivity contribution in [2.24, 2.45) is 0 Å². The molecule has 0 amide bonds. The molecule has 0 unspecified atom stereocenters. The van der Waals surface area contributed by atoms with Gasteiger partial charge >= 0.3 is 0 Å². The van der Waals surface area contributed by atoms with E-state index in [1.165, 1.54) is 0 Å². The van der Waals surface area contributed by atoms with Gasteiger partial charge in [0.1, 0.15) is 0 Å². The Morgan fingerprint density at radius 2 is 0.375 bits per heavy atom. The zero-order valence-corrected chi connectivity index (χ0v) is 5.01. The van der Waals surface area contributed by atoms with Gasteiger partial charge in [0, 0.05) is 16.5 Å². The third kappa shape index (κ3) is 3700. The standard InChI is InChI=1S/H3N.Ni.6H2O/h1H3;;6*1H2. The Balaban J connectivity index is 0. The van der Waals surface area contributed by atoms with Crippen LogP contribution in [0.15, 0.2) is 0 Å². The summed E-state index contributed by atoms with van der Waals surface area (Å²) in [5.41, 5.74) is 0. The van der Waals surface area contributed by atoms with E-state index in [0.717, 1.165) is 0 Å². The summed E-state index contributed by atoms with van der Waals surface area (Å²) in [5, 5.41) is 0. The van der Waals surface area contributed by atoms with Crippen LogP contribution in [0.3, 0.4) is 0 Å². The average Bonchev–Trinajstić information content (AvgIpc) is 0. The molecule has 66 valence electrons. The zero-order valence-electron chi connectivity index (χ0n) is 4.02. The fraction of sp³-hybridized carbons (Fsp3) is 0. The largest absolute Gasteiger partial charge is 0.412 e. The van der Waals surface area contributed by atoms with E-state index in [4.69, 9.17) is 0 Å². The summed E-state index contributed by atoms with van der Waals surface area (Å²) in [5.74, 6) is 0. The Bertz CT molecular complexity index is 8.49. The third-order valence-corrected chi connectivity index (χ3v) is 0. The summed E-state index contributed by atoms with van der Waals surface area (Å²) >= 11 is 0. The van der Waals surface area contributed by atoms with Gasteiger partial charge in [-0.3, -0.25) is 0 Å². The van der Waals surface area contributed by atoms with Crippen LogP contribution in [0, 0.1) is 0 Å². The van der Waals surface area contributed by atoms with Crippen LogP contribution in [0.5, 0.6) is 0 Å². The molecule has 0 spiro atoms. The molecular formula is H15NNiO6. The molecule has 0 aliphatic rings. The molecule has 0 saturated carbocycles. The molecule has 0 rings (SSSR count). The Labute approximate surface area is 56.4 Å². The smallest absolute Gasteiger partial charge is 0 e. The summed E-state index contributed by atoms with van der Waals surface area (Å²) in [4.78, 5) is 0. The Morgan fingerprint density at radius 3 is 0.375 bits per heavy atom. The normalized spacial score (nSPS) is 0. The van der Waals surface area contributed by atoms with Crippen molar-refractivity contribution in [3.8, 4) is 0 Å². The molecule has 8 heteroatoms. The molecule has 0 heterocycles. The van der Waals surface area contributed by atoms with Crippen molar-refractivity contribution in [2.75, 3.05) is 0 Å². The van der Waals surface area contributed by atoms with Crippen molar-refractivity contribution in [1.29, 1.82) is 0 Å². The minimum absolute atomic E-state index is 0. The maximum Gasteiger partial charge on any atom is 0 e. The van der Waals surface area contributed by atoms with E-state index in [2.05, 4.69) is 0 Å². The second-order valence-electron chi connectivity index (χ2n) is 0. The minimum atomic E-state index is 0. The molecule has 0 aromatic heterocycles. The fourth-order valence-electron chi connectivity index (χ4n) is 0. The Hall–Kier alpha value is 0.214. The van der Waals surface area contributed by atoms with Crippen molar-refractivity contribution in [2.45, 2.75) is 0 Å². The molecule has 0 aliphatic heterocycles. The van der Waals surface area contributed by atoms with Crippen LogP contribution in [-0.4, -0.2) is 32.9 Å². The van der Waals surface area contributed by atoms with Gasteiger partial charge in [0.05, 0.1) is 0 Å². The number of hydrogen-bond acceptors (Lipinski definition) is 1. The number of hydrogen-bond donors (Lipinski definition) is 1. The van der Waals surface area contributed by atoms with Gasteiger partial charge in [-0.1, -0.05) is 0 Å². The molecular weight excluding hydrogens is 169 g/mol. The molecule has 0 bridgehead atoms. The Kier molecular flexibility index (Phi) is 7160000. The summed E-state index contributed by atoms with van der Waals surface area (Å²) in [7, 11) is 0. The van der Waals surface area contributed by atoms with Gasteiger partial charge in [-0.25, -0.2) is 0 Å². The van der Waals surface area contributed by atoms with E-state index >= 15 is 0 Å². The van der Waals surface area contributed by atoms with Crippen LogP contribution < -0.4 is 6.15 Å². The second-order valence-corrected chi connectivity index (χ2v) is 0. The molecule has 8 heavy (non-hydrogen) atoms. The van der Waals surface area contributed by atoms with Crippen LogP contribution in [0.25, 0.3) is 0 Å². The molecule has 0 saturated heterocycles. The molecule has 15 N–H and O–H groups in total. The number of rotatable bonds is 0. The fourth-order valence-corrected chi connectivity index (χ4v) is 0.